The van der Waals surface area contributed by atoms with E-state index in [1.165, 1.54) is 11.0 Å². The molecule has 25 heavy (non-hydrogen) atoms. The molecule has 2 aromatic carbocycles. The van der Waals surface area contributed by atoms with E-state index in [1.54, 1.807) is 42.5 Å². The topological polar surface area (TPSA) is 88.4 Å². The molecule has 128 valence electrons. The van der Waals surface area contributed by atoms with Crippen LogP contribution in [0.5, 0.6) is 17.2 Å². The molecule has 0 aliphatic carbocycles. The Morgan fingerprint density at radius 3 is 2.40 bits per heavy atom. The maximum atomic E-state index is 11.9. The molecule has 0 fully saturated rings. The zero-order valence-electron chi connectivity index (χ0n) is 13.5. The lowest BCUT2D eigenvalue weighted by molar-refractivity contribution is -0.136. The van der Waals surface area contributed by atoms with Gasteiger partial charge >= 0.3 is 5.97 Å². The van der Waals surface area contributed by atoms with Crippen molar-refractivity contribution >= 4 is 5.97 Å². The molecule has 0 aliphatic heterocycles. The average molecular weight is 340 g/mol. The van der Waals surface area contributed by atoms with Crippen LogP contribution in [0.3, 0.4) is 0 Å². The van der Waals surface area contributed by atoms with Crippen molar-refractivity contribution in [3.8, 4) is 22.9 Å². The highest BCUT2D eigenvalue weighted by Crippen LogP contribution is 2.26. The highest BCUT2D eigenvalue weighted by Gasteiger charge is 2.09. The van der Waals surface area contributed by atoms with Gasteiger partial charge in [-0.15, -0.1) is 5.10 Å². The maximum absolute atomic E-state index is 11.9. The Labute approximate surface area is 143 Å². The second kappa shape index (κ2) is 7.91. The van der Waals surface area contributed by atoms with Gasteiger partial charge in [0, 0.05) is 0 Å². The third kappa shape index (κ3) is 4.31. The first-order chi connectivity index (χ1) is 12.3. The van der Waals surface area contributed by atoms with Crippen molar-refractivity contribution in [3.05, 3.63) is 54.9 Å². The quantitative estimate of drug-likeness (QED) is 0.480. The number of para-hydroxylation sites is 2. The van der Waals surface area contributed by atoms with Crippen molar-refractivity contribution in [2.45, 2.75) is 6.92 Å². The van der Waals surface area contributed by atoms with Gasteiger partial charge in [-0.25, -0.2) is 9.48 Å². The van der Waals surface area contributed by atoms with Crippen LogP contribution >= 0.6 is 0 Å². The highest BCUT2D eigenvalue weighted by molar-refractivity contribution is 5.74. The summed E-state index contributed by atoms with van der Waals surface area (Å²) in [5.74, 6) is 0.976. The molecular weight excluding hydrogens is 324 g/mol. The summed E-state index contributed by atoms with van der Waals surface area (Å²) in [4.78, 5) is 11.9. The molecule has 3 aromatic rings. The van der Waals surface area contributed by atoms with Gasteiger partial charge in [-0.1, -0.05) is 12.1 Å². The number of tetrazole rings is 1. The molecule has 0 amide bonds. The van der Waals surface area contributed by atoms with Gasteiger partial charge < -0.3 is 14.2 Å². The van der Waals surface area contributed by atoms with Crippen LogP contribution in [0.15, 0.2) is 54.9 Å². The van der Waals surface area contributed by atoms with Gasteiger partial charge in [0.25, 0.3) is 0 Å². The number of aromatic nitrogens is 4. The predicted molar refractivity (Wildman–Crippen MR) is 87.9 cm³/mol. The minimum absolute atomic E-state index is 0.223. The largest absolute Gasteiger partial charge is 0.490 e. The van der Waals surface area contributed by atoms with Crippen molar-refractivity contribution in [2.75, 3.05) is 13.2 Å². The number of hydrogen-bond acceptors (Lipinski definition) is 7. The fourth-order valence-corrected chi connectivity index (χ4v) is 2.09. The Hall–Kier alpha value is -3.42. The highest BCUT2D eigenvalue weighted by atomic mass is 16.6. The molecule has 0 N–H and O–H groups in total. The number of rotatable bonds is 7. The summed E-state index contributed by atoms with van der Waals surface area (Å²) in [6.45, 7) is 2.17. The van der Waals surface area contributed by atoms with Crippen molar-refractivity contribution in [1.29, 1.82) is 0 Å². The molecule has 0 unspecified atom stereocenters. The summed E-state index contributed by atoms with van der Waals surface area (Å²) >= 11 is 0. The Morgan fingerprint density at radius 1 is 1.04 bits per heavy atom. The van der Waals surface area contributed by atoms with Crippen molar-refractivity contribution < 1.29 is 19.0 Å². The molecular formula is C17H16N4O4. The lowest BCUT2D eigenvalue weighted by Crippen LogP contribution is -2.18. The van der Waals surface area contributed by atoms with Gasteiger partial charge in [-0.3, -0.25) is 0 Å². The summed E-state index contributed by atoms with van der Waals surface area (Å²) in [6, 6.07) is 13.9. The van der Waals surface area contributed by atoms with Gasteiger partial charge in [0.15, 0.2) is 18.1 Å². The maximum Gasteiger partial charge on any atom is 0.349 e. The number of benzene rings is 2. The third-order valence-electron chi connectivity index (χ3n) is 3.18. The van der Waals surface area contributed by atoms with Crippen LogP contribution in [0.2, 0.25) is 0 Å². The normalized spacial score (nSPS) is 10.3. The fraction of sp³-hybridized carbons (Fsp3) is 0.176. The molecule has 0 radical (unpaired) electrons. The van der Waals surface area contributed by atoms with E-state index in [0.29, 0.717) is 23.9 Å². The van der Waals surface area contributed by atoms with E-state index in [4.69, 9.17) is 14.2 Å². The molecule has 1 aromatic heterocycles. The molecule has 8 nitrogen and oxygen atoms in total. The van der Waals surface area contributed by atoms with E-state index < -0.39 is 5.97 Å². The van der Waals surface area contributed by atoms with Gasteiger partial charge in [-0.2, -0.15) is 0 Å². The zero-order chi connectivity index (χ0) is 17.5. The molecule has 0 atom stereocenters. The Kier molecular flexibility index (Phi) is 5.20. The van der Waals surface area contributed by atoms with Crippen molar-refractivity contribution in [3.63, 3.8) is 0 Å². The van der Waals surface area contributed by atoms with Gasteiger partial charge in [-0.05, 0) is 53.7 Å². The van der Waals surface area contributed by atoms with Gasteiger partial charge in [0.1, 0.15) is 12.1 Å². The molecule has 0 saturated carbocycles. The van der Waals surface area contributed by atoms with Crippen LogP contribution < -0.4 is 14.2 Å². The van der Waals surface area contributed by atoms with Crippen LogP contribution in [0.1, 0.15) is 6.92 Å². The van der Waals surface area contributed by atoms with Gasteiger partial charge in [0.2, 0.25) is 0 Å². The summed E-state index contributed by atoms with van der Waals surface area (Å²) in [7, 11) is 0. The molecule has 0 bridgehead atoms. The van der Waals surface area contributed by atoms with E-state index in [-0.39, 0.29) is 6.61 Å². The Balaban J connectivity index is 1.56. The number of esters is 1. The number of nitrogens with zero attached hydrogens (tertiary/aromatic N) is 4. The van der Waals surface area contributed by atoms with E-state index >= 15 is 0 Å². The van der Waals surface area contributed by atoms with E-state index in [9.17, 15) is 4.79 Å². The average Bonchev–Trinajstić information content (AvgIpc) is 3.17. The zero-order valence-corrected chi connectivity index (χ0v) is 13.5. The summed E-state index contributed by atoms with van der Waals surface area (Å²) in [5.41, 5.74) is 0.756. The predicted octanol–water partition coefficient (Wildman–Crippen LogP) is 2.05. The third-order valence-corrected chi connectivity index (χ3v) is 3.18. The smallest absolute Gasteiger partial charge is 0.349 e. The standard InChI is InChI=1S/C17H16N4O4/c1-2-23-15-5-3-4-6-16(15)24-11-17(22)25-14-9-7-13(8-10-14)21-12-18-19-20-21/h3-10,12H,2,11H2,1H3. The number of hydrogen-bond donors (Lipinski definition) is 0. The van der Waals surface area contributed by atoms with Crippen LogP contribution in [0.25, 0.3) is 5.69 Å². The first kappa shape index (κ1) is 16.4. The van der Waals surface area contributed by atoms with E-state index in [1.807, 2.05) is 13.0 Å². The van der Waals surface area contributed by atoms with Crippen LogP contribution in [0, 0.1) is 0 Å². The summed E-state index contributed by atoms with van der Waals surface area (Å²) in [5, 5.41) is 10.9. The molecule has 1 heterocycles. The van der Waals surface area contributed by atoms with E-state index in [0.717, 1.165) is 5.69 Å². The molecule has 0 spiro atoms. The number of ether oxygens (including phenoxy) is 3. The summed E-state index contributed by atoms with van der Waals surface area (Å²) in [6.07, 6.45) is 1.48. The van der Waals surface area contributed by atoms with Crippen molar-refractivity contribution in [1.82, 2.24) is 20.2 Å². The molecule has 3 rings (SSSR count). The summed E-state index contributed by atoms with van der Waals surface area (Å²) < 4.78 is 17.7. The molecule has 0 aliphatic rings. The van der Waals surface area contributed by atoms with Crippen LogP contribution in [-0.2, 0) is 4.79 Å². The first-order valence-electron chi connectivity index (χ1n) is 7.65. The number of carbonyl (C=O) groups is 1. The molecule has 0 saturated heterocycles. The van der Waals surface area contributed by atoms with Gasteiger partial charge in [0.05, 0.1) is 12.3 Å². The van der Waals surface area contributed by atoms with Crippen molar-refractivity contribution in [2.24, 2.45) is 0 Å². The van der Waals surface area contributed by atoms with Crippen LogP contribution in [0.4, 0.5) is 0 Å². The lowest BCUT2D eigenvalue weighted by atomic mass is 10.3. The second-order valence-electron chi connectivity index (χ2n) is 4.89. The number of carbonyl (C=O) groups excluding carboxylic acids is 1. The Morgan fingerprint density at radius 2 is 1.76 bits per heavy atom. The SMILES string of the molecule is CCOc1ccccc1OCC(=O)Oc1ccc(-n2cnnn2)cc1. The first-order valence-corrected chi connectivity index (χ1v) is 7.65. The second-order valence-corrected chi connectivity index (χ2v) is 4.89. The lowest BCUT2D eigenvalue weighted by Gasteiger charge is -2.11. The minimum atomic E-state index is -0.513. The molecule has 8 heteroatoms. The monoisotopic (exact) mass is 340 g/mol. The fourth-order valence-electron chi connectivity index (χ4n) is 2.09. The van der Waals surface area contributed by atoms with Crippen LogP contribution in [-0.4, -0.2) is 39.4 Å². The minimum Gasteiger partial charge on any atom is -0.490 e. The Bertz CT molecular complexity index is 819. The van der Waals surface area contributed by atoms with E-state index in [2.05, 4.69) is 15.5 Å².